The first-order chi connectivity index (χ1) is 5.66. The normalized spacial score (nSPS) is 8.67. The monoisotopic (exact) mass is 171 g/mol. The van der Waals surface area contributed by atoms with Gasteiger partial charge in [-0.1, -0.05) is 6.08 Å². The minimum atomic E-state index is -0.440. The number of esters is 1. The van der Waals surface area contributed by atoms with E-state index in [0.717, 1.165) is 0 Å². The molecule has 0 radical (unpaired) electrons. The van der Waals surface area contributed by atoms with Crippen LogP contribution < -0.4 is 11.5 Å². The summed E-state index contributed by atoms with van der Waals surface area (Å²) in [4.78, 5) is 14.2. The van der Waals surface area contributed by atoms with Crippen LogP contribution >= 0.6 is 0 Å². The Morgan fingerprint density at radius 3 is 2.75 bits per heavy atom. The summed E-state index contributed by atoms with van der Waals surface area (Å²) in [6, 6.07) is 0. The molecule has 0 spiro atoms. The Kier molecular flexibility index (Phi) is 5.42. The van der Waals surface area contributed by atoms with Gasteiger partial charge in [0.05, 0.1) is 6.61 Å². The van der Waals surface area contributed by atoms with Crippen LogP contribution in [0.4, 0.5) is 0 Å². The first-order valence-corrected chi connectivity index (χ1v) is 3.48. The standard InChI is InChI=1S/C7H13N3O2/c1-2-3-4-12-6(11)5-10-7(8)9/h2H,1,3-5H2,(H4,8,9,10). The predicted octanol–water partition coefficient (Wildman–Crippen LogP) is -0.621. The zero-order valence-corrected chi connectivity index (χ0v) is 6.82. The van der Waals surface area contributed by atoms with E-state index in [4.69, 9.17) is 16.2 Å². The molecule has 0 bridgehead atoms. The molecule has 0 saturated heterocycles. The minimum absolute atomic E-state index is 0.115. The SMILES string of the molecule is C=CCCOC(=O)CN=C(N)N. The highest BCUT2D eigenvalue weighted by atomic mass is 16.5. The Hall–Kier alpha value is -1.52. The summed E-state index contributed by atoms with van der Waals surface area (Å²) >= 11 is 0. The number of carbonyl (C=O) groups excluding carboxylic acids is 1. The zero-order chi connectivity index (χ0) is 9.40. The summed E-state index contributed by atoms with van der Waals surface area (Å²) in [7, 11) is 0. The Morgan fingerprint density at radius 2 is 2.25 bits per heavy atom. The number of aliphatic imine (C=N–C) groups is 1. The molecule has 0 saturated carbocycles. The van der Waals surface area contributed by atoms with Crippen LogP contribution in [0.25, 0.3) is 0 Å². The third-order valence-corrected chi connectivity index (χ3v) is 0.976. The summed E-state index contributed by atoms with van der Waals surface area (Å²) < 4.78 is 4.70. The van der Waals surface area contributed by atoms with E-state index in [0.29, 0.717) is 13.0 Å². The fourth-order valence-corrected chi connectivity index (χ4v) is 0.458. The highest BCUT2D eigenvalue weighted by Crippen LogP contribution is 1.85. The molecule has 0 aliphatic rings. The number of hydrogen-bond acceptors (Lipinski definition) is 3. The maximum absolute atomic E-state index is 10.7. The molecule has 5 nitrogen and oxygen atoms in total. The van der Waals surface area contributed by atoms with Gasteiger partial charge in [0.25, 0.3) is 0 Å². The molecule has 0 rings (SSSR count). The van der Waals surface area contributed by atoms with E-state index in [2.05, 4.69) is 11.6 Å². The molecule has 0 aliphatic heterocycles. The molecular formula is C7H13N3O2. The van der Waals surface area contributed by atoms with E-state index >= 15 is 0 Å². The van der Waals surface area contributed by atoms with Crippen LogP contribution in [0.3, 0.4) is 0 Å². The third kappa shape index (κ3) is 6.60. The van der Waals surface area contributed by atoms with Crippen molar-refractivity contribution in [1.29, 1.82) is 0 Å². The maximum atomic E-state index is 10.7. The first kappa shape index (κ1) is 10.5. The van der Waals surface area contributed by atoms with Gasteiger partial charge in [0.15, 0.2) is 5.96 Å². The Balaban J connectivity index is 3.47. The van der Waals surface area contributed by atoms with Crippen LogP contribution in [0, 0.1) is 0 Å². The summed E-state index contributed by atoms with van der Waals surface area (Å²) in [6.45, 7) is 3.67. The average molecular weight is 171 g/mol. The number of hydrogen-bond donors (Lipinski definition) is 2. The fourth-order valence-electron chi connectivity index (χ4n) is 0.458. The molecule has 0 aliphatic carbocycles. The van der Waals surface area contributed by atoms with E-state index in [9.17, 15) is 4.79 Å². The van der Waals surface area contributed by atoms with Crippen LogP contribution in [0.5, 0.6) is 0 Å². The lowest BCUT2D eigenvalue weighted by Gasteiger charge is -1.99. The van der Waals surface area contributed by atoms with Crippen molar-refractivity contribution >= 4 is 11.9 Å². The lowest BCUT2D eigenvalue weighted by Crippen LogP contribution is -2.24. The Morgan fingerprint density at radius 1 is 1.58 bits per heavy atom. The zero-order valence-electron chi connectivity index (χ0n) is 6.82. The molecule has 0 aromatic rings. The van der Waals surface area contributed by atoms with E-state index in [1.165, 1.54) is 0 Å². The molecular weight excluding hydrogens is 158 g/mol. The van der Waals surface area contributed by atoms with Crippen molar-refractivity contribution in [1.82, 2.24) is 0 Å². The maximum Gasteiger partial charge on any atom is 0.327 e. The highest BCUT2D eigenvalue weighted by Gasteiger charge is 1.98. The fraction of sp³-hybridized carbons (Fsp3) is 0.429. The van der Waals surface area contributed by atoms with Crippen molar-refractivity contribution in [3.8, 4) is 0 Å². The molecule has 5 heteroatoms. The number of ether oxygens (including phenoxy) is 1. The number of nitrogens with two attached hydrogens (primary N) is 2. The topological polar surface area (TPSA) is 90.7 Å². The van der Waals surface area contributed by atoms with Gasteiger partial charge in [0.2, 0.25) is 0 Å². The largest absolute Gasteiger partial charge is 0.464 e. The quantitative estimate of drug-likeness (QED) is 0.189. The van der Waals surface area contributed by atoms with E-state index in [1.54, 1.807) is 6.08 Å². The Bertz CT molecular complexity index is 185. The lowest BCUT2D eigenvalue weighted by atomic mass is 10.4. The molecule has 0 fully saturated rings. The molecule has 0 unspecified atom stereocenters. The summed E-state index contributed by atoms with van der Waals surface area (Å²) in [5.41, 5.74) is 10.00. The van der Waals surface area contributed by atoms with Gasteiger partial charge in [-0.3, -0.25) is 4.79 Å². The third-order valence-electron chi connectivity index (χ3n) is 0.976. The molecule has 4 N–H and O–H groups in total. The van der Waals surface area contributed by atoms with Crippen molar-refractivity contribution in [3.63, 3.8) is 0 Å². The second-order valence-corrected chi connectivity index (χ2v) is 2.04. The van der Waals surface area contributed by atoms with Crippen molar-refractivity contribution < 1.29 is 9.53 Å². The number of guanidine groups is 1. The van der Waals surface area contributed by atoms with Gasteiger partial charge in [-0.15, -0.1) is 6.58 Å². The predicted molar refractivity (Wildman–Crippen MR) is 46.4 cm³/mol. The van der Waals surface area contributed by atoms with Gasteiger partial charge in [-0.25, -0.2) is 4.99 Å². The number of nitrogens with zero attached hydrogens (tertiary/aromatic N) is 1. The van der Waals surface area contributed by atoms with Gasteiger partial charge in [0, 0.05) is 0 Å². The summed E-state index contributed by atoms with van der Waals surface area (Å²) in [5.74, 6) is -0.555. The van der Waals surface area contributed by atoms with Crippen molar-refractivity contribution in [3.05, 3.63) is 12.7 Å². The van der Waals surface area contributed by atoms with Crippen LogP contribution in [-0.4, -0.2) is 25.1 Å². The molecule has 0 aromatic carbocycles. The van der Waals surface area contributed by atoms with Crippen LogP contribution in [0.2, 0.25) is 0 Å². The van der Waals surface area contributed by atoms with Gasteiger partial charge in [-0.2, -0.15) is 0 Å². The molecule has 12 heavy (non-hydrogen) atoms. The Labute approximate surface area is 71.1 Å². The highest BCUT2D eigenvalue weighted by molar-refractivity contribution is 5.80. The minimum Gasteiger partial charge on any atom is -0.464 e. The lowest BCUT2D eigenvalue weighted by molar-refractivity contribution is -0.141. The summed E-state index contributed by atoms with van der Waals surface area (Å²) in [6.07, 6.45) is 2.29. The van der Waals surface area contributed by atoms with E-state index in [-0.39, 0.29) is 12.5 Å². The van der Waals surface area contributed by atoms with Crippen LogP contribution in [0.1, 0.15) is 6.42 Å². The molecule has 0 amide bonds. The van der Waals surface area contributed by atoms with Crippen molar-refractivity contribution in [2.24, 2.45) is 16.5 Å². The van der Waals surface area contributed by atoms with E-state index in [1.807, 2.05) is 0 Å². The van der Waals surface area contributed by atoms with Crippen LogP contribution in [0.15, 0.2) is 17.6 Å². The molecule has 68 valence electrons. The van der Waals surface area contributed by atoms with Crippen molar-refractivity contribution in [2.75, 3.05) is 13.2 Å². The first-order valence-electron chi connectivity index (χ1n) is 3.48. The number of carbonyl (C=O) groups is 1. The molecule has 0 atom stereocenters. The summed E-state index contributed by atoms with van der Waals surface area (Å²) in [5, 5.41) is 0. The smallest absolute Gasteiger partial charge is 0.327 e. The average Bonchev–Trinajstić information content (AvgIpc) is 2.01. The second-order valence-electron chi connectivity index (χ2n) is 2.04. The second kappa shape index (κ2) is 6.21. The van der Waals surface area contributed by atoms with E-state index < -0.39 is 5.97 Å². The van der Waals surface area contributed by atoms with Gasteiger partial charge in [0.1, 0.15) is 6.54 Å². The van der Waals surface area contributed by atoms with Gasteiger partial charge in [-0.05, 0) is 6.42 Å². The van der Waals surface area contributed by atoms with Gasteiger partial charge < -0.3 is 16.2 Å². The van der Waals surface area contributed by atoms with Crippen LogP contribution in [-0.2, 0) is 9.53 Å². The number of rotatable bonds is 5. The van der Waals surface area contributed by atoms with Crippen molar-refractivity contribution in [2.45, 2.75) is 6.42 Å². The van der Waals surface area contributed by atoms with Gasteiger partial charge >= 0.3 is 5.97 Å². The molecule has 0 aromatic heterocycles. The molecule has 0 heterocycles.